The van der Waals surface area contributed by atoms with E-state index < -0.39 is 22.9 Å². The van der Waals surface area contributed by atoms with Gasteiger partial charge in [-0.25, -0.2) is 4.79 Å². The highest BCUT2D eigenvalue weighted by Crippen LogP contribution is 2.32. The van der Waals surface area contributed by atoms with Crippen molar-refractivity contribution in [3.05, 3.63) is 62.7 Å². The van der Waals surface area contributed by atoms with Gasteiger partial charge in [-0.05, 0) is 30.7 Å². The molecule has 0 radical (unpaired) electrons. The van der Waals surface area contributed by atoms with Gasteiger partial charge in [0.1, 0.15) is 0 Å². The number of benzene rings is 2. The van der Waals surface area contributed by atoms with Gasteiger partial charge in [0, 0.05) is 18.7 Å². The summed E-state index contributed by atoms with van der Waals surface area (Å²) in [7, 11) is 0. The van der Waals surface area contributed by atoms with Gasteiger partial charge in [0.25, 0.3) is 11.6 Å². The van der Waals surface area contributed by atoms with Gasteiger partial charge in [0.05, 0.1) is 15.5 Å². The van der Waals surface area contributed by atoms with E-state index in [0.717, 1.165) is 11.6 Å². The number of nitrogens with zero attached hydrogens (tertiary/aromatic N) is 1. The number of nitrogens with one attached hydrogen (secondary N) is 1. The van der Waals surface area contributed by atoms with E-state index in [1.165, 1.54) is 19.1 Å². The maximum Gasteiger partial charge on any atom is 0.340 e. The lowest BCUT2D eigenvalue weighted by atomic mass is 10.2. The Morgan fingerprint density at radius 3 is 2.75 bits per heavy atom. The first-order valence-corrected chi connectivity index (χ1v) is 8.54. The standard InChI is InChI=1S/C18H15ClN2O7/c1-10(28-18(23)13-7-12(21(24)25)3-4-14(13)19)17(22)20-8-11-2-5-15-16(6-11)27-9-26-15/h2-7,10H,8-9H2,1H3,(H,20,22)/t10-/m1/s1. The summed E-state index contributed by atoms with van der Waals surface area (Å²) in [5.74, 6) is -0.246. The maximum atomic E-state index is 12.2. The van der Waals surface area contributed by atoms with Crippen molar-refractivity contribution in [2.75, 3.05) is 6.79 Å². The fraction of sp³-hybridized carbons (Fsp3) is 0.222. The average molecular weight is 407 g/mol. The number of halogens is 1. The minimum Gasteiger partial charge on any atom is -0.454 e. The summed E-state index contributed by atoms with van der Waals surface area (Å²) >= 11 is 5.90. The Morgan fingerprint density at radius 1 is 1.25 bits per heavy atom. The van der Waals surface area contributed by atoms with Gasteiger partial charge < -0.3 is 19.5 Å². The number of nitro groups is 1. The molecule has 0 unspecified atom stereocenters. The number of amides is 1. The Kier molecular flexibility index (Phi) is 5.65. The Hall–Kier alpha value is -3.33. The van der Waals surface area contributed by atoms with Crippen molar-refractivity contribution in [3.8, 4) is 11.5 Å². The minimum atomic E-state index is -1.13. The van der Waals surface area contributed by atoms with Crippen LogP contribution in [0, 0.1) is 10.1 Å². The molecule has 0 saturated carbocycles. The van der Waals surface area contributed by atoms with Crippen LogP contribution in [0.1, 0.15) is 22.8 Å². The Balaban J connectivity index is 1.59. The molecule has 0 aliphatic carbocycles. The van der Waals surface area contributed by atoms with Crippen LogP contribution in [0.5, 0.6) is 11.5 Å². The molecule has 0 fully saturated rings. The molecule has 2 aromatic rings. The largest absolute Gasteiger partial charge is 0.454 e. The van der Waals surface area contributed by atoms with Crippen molar-refractivity contribution in [1.82, 2.24) is 5.32 Å². The summed E-state index contributed by atoms with van der Waals surface area (Å²) in [5, 5.41) is 13.5. The number of hydrogen-bond donors (Lipinski definition) is 1. The molecule has 28 heavy (non-hydrogen) atoms. The lowest BCUT2D eigenvalue weighted by Crippen LogP contribution is -2.35. The monoisotopic (exact) mass is 406 g/mol. The quantitative estimate of drug-likeness (QED) is 0.445. The van der Waals surface area contributed by atoms with Crippen molar-refractivity contribution in [2.24, 2.45) is 0 Å². The van der Waals surface area contributed by atoms with Gasteiger partial charge in [0.2, 0.25) is 6.79 Å². The topological polar surface area (TPSA) is 117 Å². The zero-order valence-corrected chi connectivity index (χ0v) is 15.4. The third-order valence-electron chi connectivity index (χ3n) is 3.94. The smallest absolute Gasteiger partial charge is 0.340 e. The van der Waals surface area contributed by atoms with Gasteiger partial charge >= 0.3 is 5.97 Å². The SMILES string of the molecule is C[C@@H](OC(=O)c1cc([N+](=O)[O-])ccc1Cl)C(=O)NCc1ccc2c(c1)OCO2. The normalized spacial score (nSPS) is 12.9. The van der Waals surface area contributed by atoms with E-state index in [4.69, 9.17) is 25.8 Å². The molecule has 9 nitrogen and oxygen atoms in total. The highest BCUT2D eigenvalue weighted by atomic mass is 35.5. The number of ether oxygens (including phenoxy) is 3. The van der Waals surface area contributed by atoms with Crippen LogP contribution in [0.3, 0.4) is 0 Å². The van der Waals surface area contributed by atoms with Crippen molar-refractivity contribution < 1.29 is 28.7 Å². The van der Waals surface area contributed by atoms with Crippen LogP contribution < -0.4 is 14.8 Å². The highest BCUT2D eigenvalue weighted by Gasteiger charge is 2.23. The minimum absolute atomic E-state index is 0.0106. The summed E-state index contributed by atoms with van der Waals surface area (Å²) in [6.45, 7) is 1.73. The van der Waals surface area contributed by atoms with E-state index in [-0.39, 0.29) is 29.6 Å². The second kappa shape index (κ2) is 8.13. The lowest BCUT2D eigenvalue weighted by Gasteiger charge is -2.14. The lowest BCUT2D eigenvalue weighted by molar-refractivity contribution is -0.384. The Morgan fingerprint density at radius 2 is 2.00 bits per heavy atom. The number of esters is 1. The first kappa shape index (κ1) is 19.4. The molecule has 1 aliphatic rings. The molecule has 2 aromatic carbocycles. The van der Waals surface area contributed by atoms with E-state index in [9.17, 15) is 19.7 Å². The molecule has 1 atom stereocenters. The number of rotatable bonds is 6. The van der Waals surface area contributed by atoms with Crippen LogP contribution in [0.15, 0.2) is 36.4 Å². The predicted molar refractivity (Wildman–Crippen MR) is 97.4 cm³/mol. The fourth-order valence-corrected chi connectivity index (χ4v) is 2.64. The van der Waals surface area contributed by atoms with Crippen LogP contribution in [-0.2, 0) is 16.1 Å². The first-order valence-electron chi connectivity index (χ1n) is 8.16. The predicted octanol–water partition coefficient (Wildman–Crippen LogP) is 2.84. The Bertz CT molecular complexity index is 948. The van der Waals surface area contributed by atoms with E-state index in [1.54, 1.807) is 18.2 Å². The highest BCUT2D eigenvalue weighted by molar-refractivity contribution is 6.33. The molecular weight excluding hydrogens is 392 g/mol. The van der Waals surface area contributed by atoms with Gasteiger partial charge in [-0.15, -0.1) is 0 Å². The summed E-state index contributed by atoms with van der Waals surface area (Å²) in [6.07, 6.45) is -1.13. The van der Waals surface area contributed by atoms with E-state index in [0.29, 0.717) is 11.5 Å². The van der Waals surface area contributed by atoms with E-state index in [1.807, 2.05) is 0 Å². The van der Waals surface area contributed by atoms with Gasteiger partial charge in [0.15, 0.2) is 17.6 Å². The molecule has 0 aromatic heterocycles. The summed E-state index contributed by atoms with van der Waals surface area (Å²) in [6, 6.07) is 8.64. The molecule has 1 N–H and O–H groups in total. The molecule has 3 rings (SSSR count). The molecule has 0 bridgehead atoms. The number of nitro benzene ring substituents is 1. The zero-order valence-electron chi connectivity index (χ0n) is 14.6. The number of hydrogen-bond acceptors (Lipinski definition) is 7. The fourth-order valence-electron chi connectivity index (χ4n) is 2.44. The van der Waals surface area contributed by atoms with Crippen molar-refractivity contribution in [3.63, 3.8) is 0 Å². The molecule has 0 saturated heterocycles. The van der Waals surface area contributed by atoms with Crippen LogP contribution in [-0.4, -0.2) is 29.7 Å². The molecule has 1 amide bonds. The number of carbonyl (C=O) groups excluding carboxylic acids is 2. The second-order valence-corrected chi connectivity index (χ2v) is 6.28. The van der Waals surface area contributed by atoms with Gasteiger partial charge in [-0.1, -0.05) is 17.7 Å². The van der Waals surface area contributed by atoms with Crippen LogP contribution in [0.4, 0.5) is 5.69 Å². The van der Waals surface area contributed by atoms with Crippen molar-refractivity contribution in [1.29, 1.82) is 0 Å². The zero-order chi connectivity index (χ0) is 20.3. The molecule has 1 heterocycles. The van der Waals surface area contributed by atoms with Crippen LogP contribution in [0.25, 0.3) is 0 Å². The molecule has 10 heteroatoms. The maximum absolute atomic E-state index is 12.2. The van der Waals surface area contributed by atoms with Gasteiger partial charge in [-0.2, -0.15) is 0 Å². The van der Waals surface area contributed by atoms with E-state index in [2.05, 4.69) is 5.32 Å². The molecule has 1 aliphatic heterocycles. The second-order valence-electron chi connectivity index (χ2n) is 5.87. The van der Waals surface area contributed by atoms with E-state index >= 15 is 0 Å². The summed E-state index contributed by atoms with van der Waals surface area (Å²) < 4.78 is 15.6. The van der Waals surface area contributed by atoms with Crippen molar-refractivity contribution in [2.45, 2.75) is 19.6 Å². The number of non-ortho nitro benzene ring substituents is 1. The Labute approximate surface area is 164 Å². The van der Waals surface area contributed by atoms with Crippen LogP contribution >= 0.6 is 11.6 Å². The average Bonchev–Trinajstić information content (AvgIpc) is 3.13. The number of carbonyl (C=O) groups is 2. The summed E-state index contributed by atoms with van der Waals surface area (Å²) in [5.41, 5.74) is 0.278. The first-order chi connectivity index (χ1) is 13.3. The van der Waals surface area contributed by atoms with Gasteiger partial charge in [-0.3, -0.25) is 14.9 Å². The third kappa shape index (κ3) is 4.32. The van der Waals surface area contributed by atoms with Crippen LogP contribution in [0.2, 0.25) is 5.02 Å². The molecule has 0 spiro atoms. The van der Waals surface area contributed by atoms with Crippen molar-refractivity contribution >= 4 is 29.2 Å². The third-order valence-corrected chi connectivity index (χ3v) is 4.27. The molecular formula is C18H15ClN2O7. The number of fused-ring (bicyclic) bond motifs is 1. The molecule has 146 valence electrons. The summed E-state index contributed by atoms with van der Waals surface area (Å²) in [4.78, 5) is 34.6.